The second kappa shape index (κ2) is 7.04. The third kappa shape index (κ3) is 4.05. The summed E-state index contributed by atoms with van der Waals surface area (Å²) in [6.07, 6.45) is 6.97. The van der Waals surface area contributed by atoms with E-state index in [1.165, 1.54) is 18.4 Å². The maximum Gasteiger partial charge on any atom is 0.317 e. The van der Waals surface area contributed by atoms with Crippen LogP contribution in [0.2, 0.25) is 0 Å². The van der Waals surface area contributed by atoms with E-state index in [4.69, 9.17) is 4.74 Å². The Kier molecular flexibility index (Phi) is 5.10. The van der Waals surface area contributed by atoms with Gasteiger partial charge in [0.1, 0.15) is 0 Å². The van der Waals surface area contributed by atoms with Crippen molar-refractivity contribution in [3.63, 3.8) is 0 Å². The third-order valence-corrected chi connectivity index (χ3v) is 3.28. The summed E-state index contributed by atoms with van der Waals surface area (Å²) in [6, 6.07) is 7.87. The Balaban J connectivity index is 2.11. The third-order valence-electron chi connectivity index (χ3n) is 3.28. The summed E-state index contributed by atoms with van der Waals surface area (Å²) >= 11 is 0. The van der Waals surface area contributed by atoms with E-state index in [0.29, 0.717) is 12.3 Å². The van der Waals surface area contributed by atoms with Crippen molar-refractivity contribution in [2.75, 3.05) is 0 Å². The number of carbonyl (C=O) groups excluding carboxylic acids is 1. The normalized spacial score (nSPS) is 18.8. The number of cyclic esters (lactones) is 1. The number of carbonyl (C=O) groups is 1. The molecule has 1 aromatic carbocycles. The Bertz CT molecular complexity index is 526. The Morgan fingerprint density at radius 2 is 2.00 bits per heavy atom. The molecule has 0 amide bonds. The Hall–Kier alpha value is -1.90. The minimum atomic E-state index is -0.211. The van der Waals surface area contributed by atoms with Crippen LogP contribution in [0.3, 0.4) is 0 Å². The molecule has 0 unspecified atom stereocenters. The quantitative estimate of drug-likeness (QED) is 0.585. The lowest BCUT2D eigenvalue weighted by Gasteiger charge is -2.00. The van der Waals surface area contributed by atoms with Crippen molar-refractivity contribution in [3.8, 4) is 0 Å². The predicted molar refractivity (Wildman–Crippen MR) is 81.2 cm³/mol. The number of hydrogen-bond donors (Lipinski definition) is 0. The van der Waals surface area contributed by atoms with Crippen molar-refractivity contribution in [1.29, 1.82) is 0 Å². The molecule has 1 aliphatic rings. The Labute approximate surface area is 120 Å². The first-order valence-electron chi connectivity index (χ1n) is 7.24. The lowest BCUT2D eigenvalue weighted by molar-refractivity contribution is -0.132. The van der Waals surface area contributed by atoms with Gasteiger partial charge in [0, 0.05) is 5.57 Å². The summed E-state index contributed by atoms with van der Waals surface area (Å²) in [6.45, 7) is 4.21. The van der Waals surface area contributed by atoms with Gasteiger partial charge in [0.25, 0.3) is 0 Å². The van der Waals surface area contributed by atoms with Gasteiger partial charge >= 0.3 is 5.97 Å². The van der Waals surface area contributed by atoms with E-state index in [1.54, 1.807) is 0 Å². The molecule has 1 aliphatic heterocycles. The largest absolute Gasteiger partial charge is 0.407 e. The molecule has 0 saturated carbocycles. The van der Waals surface area contributed by atoms with Crippen LogP contribution >= 0.6 is 0 Å². The lowest BCUT2D eigenvalue weighted by atomic mass is 10.1. The molecule has 3 nitrogen and oxygen atoms in total. The van der Waals surface area contributed by atoms with Crippen molar-refractivity contribution >= 4 is 17.6 Å². The zero-order chi connectivity index (χ0) is 14.4. The second-order valence-corrected chi connectivity index (χ2v) is 5.13. The molecule has 1 saturated heterocycles. The van der Waals surface area contributed by atoms with Crippen LogP contribution in [0.5, 0.6) is 0 Å². The molecule has 3 heteroatoms. The van der Waals surface area contributed by atoms with Crippen LogP contribution in [0.25, 0.3) is 0 Å². The summed E-state index contributed by atoms with van der Waals surface area (Å²) < 4.78 is 5.21. The van der Waals surface area contributed by atoms with Gasteiger partial charge in [0.2, 0.25) is 5.90 Å². The second-order valence-electron chi connectivity index (χ2n) is 5.13. The first-order chi connectivity index (χ1) is 9.69. The number of ether oxygens (including phenoxy) is 1. The molecule has 0 aliphatic carbocycles. The summed E-state index contributed by atoms with van der Waals surface area (Å²) in [5, 5.41) is 0. The molecule has 1 fully saturated rings. The smallest absolute Gasteiger partial charge is 0.317 e. The zero-order valence-electron chi connectivity index (χ0n) is 12.2. The van der Waals surface area contributed by atoms with Crippen molar-refractivity contribution in [3.05, 3.63) is 41.5 Å². The summed E-state index contributed by atoms with van der Waals surface area (Å²) in [7, 11) is 0. The first kappa shape index (κ1) is 14.5. The van der Waals surface area contributed by atoms with E-state index < -0.39 is 0 Å². The SMILES string of the molecule is CCCCC/C=C1\CC(=O)OC1=Nc1ccc(C)cc1. The van der Waals surface area contributed by atoms with Gasteiger partial charge in [-0.25, -0.2) is 4.99 Å². The van der Waals surface area contributed by atoms with E-state index >= 15 is 0 Å². The maximum absolute atomic E-state index is 11.5. The van der Waals surface area contributed by atoms with Crippen LogP contribution in [-0.2, 0) is 9.53 Å². The maximum atomic E-state index is 11.5. The number of esters is 1. The molecule has 2 rings (SSSR count). The highest BCUT2D eigenvalue weighted by Gasteiger charge is 2.24. The van der Waals surface area contributed by atoms with Gasteiger partial charge in [0.15, 0.2) is 0 Å². The Morgan fingerprint density at radius 1 is 1.25 bits per heavy atom. The number of nitrogens with zero attached hydrogens (tertiary/aromatic N) is 1. The first-order valence-corrected chi connectivity index (χ1v) is 7.24. The van der Waals surface area contributed by atoms with Crippen molar-refractivity contribution < 1.29 is 9.53 Å². The number of aliphatic imine (C=N–C) groups is 1. The van der Waals surface area contributed by atoms with Crippen LogP contribution in [0.4, 0.5) is 5.69 Å². The monoisotopic (exact) mass is 271 g/mol. The molecule has 0 bridgehead atoms. The minimum absolute atomic E-state index is 0.211. The van der Waals surface area contributed by atoms with Crippen LogP contribution in [0.1, 0.15) is 44.6 Å². The molecule has 0 spiro atoms. The average molecular weight is 271 g/mol. The molecular formula is C17H21NO2. The highest BCUT2D eigenvalue weighted by Crippen LogP contribution is 2.22. The van der Waals surface area contributed by atoms with E-state index in [2.05, 4.69) is 18.0 Å². The van der Waals surface area contributed by atoms with Gasteiger partial charge < -0.3 is 4.74 Å². The van der Waals surface area contributed by atoms with Crippen LogP contribution < -0.4 is 0 Å². The number of allylic oxidation sites excluding steroid dienone is 1. The molecule has 20 heavy (non-hydrogen) atoms. The molecule has 0 N–H and O–H groups in total. The van der Waals surface area contributed by atoms with Gasteiger partial charge in [-0.05, 0) is 31.9 Å². The summed E-state index contributed by atoms with van der Waals surface area (Å²) in [5.74, 6) is 0.257. The molecule has 106 valence electrons. The number of unbranched alkanes of at least 4 members (excludes halogenated alkanes) is 3. The number of aryl methyl sites for hydroxylation is 1. The van der Waals surface area contributed by atoms with Crippen LogP contribution in [-0.4, -0.2) is 11.9 Å². The zero-order valence-corrected chi connectivity index (χ0v) is 12.2. The fraction of sp³-hybridized carbons (Fsp3) is 0.412. The summed E-state index contributed by atoms with van der Waals surface area (Å²) in [4.78, 5) is 15.9. The Morgan fingerprint density at radius 3 is 2.70 bits per heavy atom. The standard InChI is InChI=1S/C17H21NO2/c1-3-4-5-6-7-14-12-16(19)20-17(14)18-15-10-8-13(2)9-11-15/h7-11H,3-6,12H2,1-2H3/b14-7+,18-17?. The van der Waals surface area contributed by atoms with Crippen molar-refractivity contribution in [2.24, 2.45) is 4.99 Å². The van der Waals surface area contributed by atoms with Gasteiger partial charge in [-0.15, -0.1) is 0 Å². The van der Waals surface area contributed by atoms with Crippen molar-refractivity contribution in [1.82, 2.24) is 0 Å². The number of rotatable bonds is 5. The highest BCUT2D eigenvalue weighted by atomic mass is 16.5. The molecular weight excluding hydrogens is 250 g/mol. The van der Waals surface area contributed by atoms with Gasteiger partial charge in [-0.3, -0.25) is 4.79 Å². The minimum Gasteiger partial charge on any atom is -0.407 e. The van der Waals surface area contributed by atoms with Crippen molar-refractivity contribution in [2.45, 2.75) is 46.0 Å². The van der Waals surface area contributed by atoms with Gasteiger partial charge in [0.05, 0.1) is 12.1 Å². The predicted octanol–water partition coefficient (Wildman–Crippen LogP) is 4.48. The molecule has 0 atom stereocenters. The molecule has 1 heterocycles. The lowest BCUT2D eigenvalue weighted by Crippen LogP contribution is -1.98. The molecule has 0 radical (unpaired) electrons. The summed E-state index contributed by atoms with van der Waals surface area (Å²) in [5.41, 5.74) is 2.93. The highest BCUT2D eigenvalue weighted by molar-refractivity contribution is 6.09. The van der Waals surface area contributed by atoms with Gasteiger partial charge in [-0.2, -0.15) is 0 Å². The number of hydrogen-bond acceptors (Lipinski definition) is 3. The fourth-order valence-corrected chi connectivity index (χ4v) is 2.10. The topological polar surface area (TPSA) is 38.7 Å². The van der Waals surface area contributed by atoms with E-state index in [1.807, 2.05) is 31.2 Å². The van der Waals surface area contributed by atoms with Gasteiger partial charge in [-0.1, -0.05) is 43.5 Å². The van der Waals surface area contributed by atoms with E-state index in [0.717, 1.165) is 24.1 Å². The molecule has 0 aromatic heterocycles. The van der Waals surface area contributed by atoms with E-state index in [-0.39, 0.29) is 5.97 Å². The number of benzene rings is 1. The molecule has 1 aromatic rings. The van der Waals surface area contributed by atoms with Crippen LogP contribution in [0, 0.1) is 6.92 Å². The average Bonchev–Trinajstić information content (AvgIpc) is 2.77. The van der Waals surface area contributed by atoms with E-state index in [9.17, 15) is 4.79 Å². The van der Waals surface area contributed by atoms with Crippen LogP contribution in [0.15, 0.2) is 40.9 Å². The fourth-order valence-electron chi connectivity index (χ4n) is 2.10.